The van der Waals surface area contributed by atoms with Crippen LogP contribution in [0.4, 0.5) is 5.69 Å². The quantitative estimate of drug-likeness (QED) is 0.239. The van der Waals surface area contributed by atoms with E-state index in [9.17, 15) is 0 Å². The molecule has 64 valence electrons. The van der Waals surface area contributed by atoms with Crippen LogP contribution < -0.4 is 17.0 Å². The number of anilines is 1. The van der Waals surface area contributed by atoms with Crippen LogP contribution in [0.15, 0.2) is 18.2 Å². The minimum Gasteiger partial charge on any atom is -0.384 e. The zero-order valence-electron chi connectivity index (χ0n) is 6.26. The summed E-state index contributed by atoms with van der Waals surface area (Å²) in [7, 11) is 0. The molecule has 0 saturated heterocycles. The van der Waals surface area contributed by atoms with Gasteiger partial charge in [-0.05, 0) is 18.2 Å². The van der Waals surface area contributed by atoms with E-state index in [1.807, 2.05) is 0 Å². The van der Waals surface area contributed by atoms with Crippen molar-refractivity contribution in [1.29, 1.82) is 5.41 Å². The first kappa shape index (κ1) is 8.83. The molecule has 6 N–H and O–H groups in total. The number of rotatable bonds is 2. The lowest BCUT2D eigenvalue weighted by atomic mass is 10.2. The number of amidine groups is 1. The molecule has 0 spiro atoms. The highest BCUT2D eigenvalue weighted by atomic mass is 35.5. The van der Waals surface area contributed by atoms with Crippen molar-refractivity contribution >= 4 is 23.1 Å². The monoisotopic (exact) mass is 184 g/mol. The van der Waals surface area contributed by atoms with Gasteiger partial charge in [0.25, 0.3) is 0 Å². The fourth-order valence-electron chi connectivity index (χ4n) is 0.800. The zero-order chi connectivity index (χ0) is 9.14. The molecule has 0 saturated carbocycles. The maximum absolute atomic E-state index is 7.13. The van der Waals surface area contributed by atoms with Crippen LogP contribution >= 0.6 is 11.6 Å². The van der Waals surface area contributed by atoms with Gasteiger partial charge in [-0.2, -0.15) is 0 Å². The molecule has 0 fully saturated rings. The highest BCUT2D eigenvalue weighted by molar-refractivity contribution is 6.33. The Balaban J connectivity index is 3.10. The molecule has 0 unspecified atom stereocenters. The van der Waals surface area contributed by atoms with Gasteiger partial charge in [-0.3, -0.25) is 11.3 Å². The number of nitrogen functional groups attached to an aromatic ring is 2. The summed E-state index contributed by atoms with van der Waals surface area (Å²) in [4.78, 5) is 0. The first-order valence-electron chi connectivity index (χ1n) is 3.25. The van der Waals surface area contributed by atoms with Crippen molar-refractivity contribution < 1.29 is 0 Å². The lowest BCUT2D eigenvalue weighted by Gasteiger charge is -2.04. The summed E-state index contributed by atoms with van der Waals surface area (Å²) in [6.07, 6.45) is 0. The standard InChI is InChI=1S/C7H9ClN4/c8-5-3-4(7(9)10)1-2-6(5)12-11/h1-3,12H,11H2,(H3,9,10). The number of nitrogens with two attached hydrogens (primary N) is 2. The first-order chi connectivity index (χ1) is 5.65. The van der Waals surface area contributed by atoms with E-state index >= 15 is 0 Å². The Kier molecular flexibility index (Phi) is 2.52. The van der Waals surface area contributed by atoms with Crippen molar-refractivity contribution in [3.8, 4) is 0 Å². The van der Waals surface area contributed by atoms with Gasteiger partial charge in [-0.15, -0.1) is 0 Å². The molecule has 0 aromatic heterocycles. The summed E-state index contributed by atoms with van der Waals surface area (Å²) in [6.45, 7) is 0. The van der Waals surface area contributed by atoms with Crippen molar-refractivity contribution in [1.82, 2.24) is 0 Å². The Morgan fingerprint density at radius 1 is 1.50 bits per heavy atom. The Morgan fingerprint density at radius 2 is 2.17 bits per heavy atom. The molecule has 12 heavy (non-hydrogen) atoms. The molecular formula is C7H9ClN4. The molecule has 0 aliphatic rings. The summed E-state index contributed by atoms with van der Waals surface area (Å²) in [6, 6.07) is 4.92. The number of halogens is 1. The second-order valence-electron chi connectivity index (χ2n) is 2.25. The molecule has 0 aliphatic heterocycles. The number of nitrogens with one attached hydrogen (secondary N) is 2. The van der Waals surface area contributed by atoms with E-state index in [0.717, 1.165) is 0 Å². The van der Waals surface area contributed by atoms with Crippen molar-refractivity contribution in [2.45, 2.75) is 0 Å². The average Bonchev–Trinajstić information content (AvgIpc) is 2.04. The van der Waals surface area contributed by atoms with E-state index in [1.165, 1.54) is 0 Å². The third kappa shape index (κ3) is 1.66. The first-order valence-corrected chi connectivity index (χ1v) is 3.63. The second-order valence-corrected chi connectivity index (χ2v) is 2.66. The molecule has 0 bridgehead atoms. The number of benzene rings is 1. The van der Waals surface area contributed by atoms with E-state index in [2.05, 4.69) is 5.43 Å². The summed E-state index contributed by atoms with van der Waals surface area (Å²) in [5.41, 5.74) is 8.86. The van der Waals surface area contributed by atoms with Crippen LogP contribution in [0, 0.1) is 5.41 Å². The van der Waals surface area contributed by atoms with Gasteiger partial charge in [0.15, 0.2) is 0 Å². The van der Waals surface area contributed by atoms with E-state index < -0.39 is 0 Å². The lowest BCUT2D eigenvalue weighted by Crippen LogP contribution is -2.12. The molecule has 0 aliphatic carbocycles. The van der Waals surface area contributed by atoms with Gasteiger partial charge >= 0.3 is 0 Å². The normalized spacial score (nSPS) is 9.50. The van der Waals surface area contributed by atoms with E-state index in [-0.39, 0.29) is 5.84 Å². The van der Waals surface area contributed by atoms with Crippen molar-refractivity contribution in [3.05, 3.63) is 28.8 Å². The largest absolute Gasteiger partial charge is 0.384 e. The topological polar surface area (TPSA) is 87.9 Å². The van der Waals surface area contributed by atoms with Crippen LogP contribution in [0.5, 0.6) is 0 Å². The van der Waals surface area contributed by atoms with Crippen LogP contribution in [-0.4, -0.2) is 5.84 Å². The van der Waals surface area contributed by atoms with Gasteiger partial charge in [0.05, 0.1) is 10.7 Å². The fourth-order valence-corrected chi connectivity index (χ4v) is 1.03. The Hall–Kier alpha value is -1.26. The van der Waals surface area contributed by atoms with Gasteiger partial charge in [-0.25, -0.2) is 0 Å². The van der Waals surface area contributed by atoms with Gasteiger partial charge < -0.3 is 11.2 Å². The van der Waals surface area contributed by atoms with Gasteiger partial charge in [0.2, 0.25) is 0 Å². The highest BCUT2D eigenvalue weighted by Crippen LogP contribution is 2.21. The van der Waals surface area contributed by atoms with E-state index in [0.29, 0.717) is 16.3 Å². The van der Waals surface area contributed by atoms with Crippen molar-refractivity contribution in [2.75, 3.05) is 5.43 Å². The van der Waals surface area contributed by atoms with Crippen LogP contribution in [0.1, 0.15) is 5.56 Å². The van der Waals surface area contributed by atoms with Crippen LogP contribution in [0.25, 0.3) is 0 Å². The third-order valence-electron chi connectivity index (χ3n) is 1.44. The van der Waals surface area contributed by atoms with Crippen molar-refractivity contribution in [3.63, 3.8) is 0 Å². The zero-order valence-corrected chi connectivity index (χ0v) is 7.02. The summed E-state index contributed by atoms with van der Waals surface area (Å²) < 4.78 is 0. The number of hydrogen-bond acceptors (Lipinski definition) is 3. The van der Waals surface area contributed by atoms with Crippen LogP contribution in [0.2, 0.25) is 5.02 Å². The summed E-state index contributed by atoms with van der Waals surface area (Å²) in [5.74, 6) is 5.14. The molecule has 0 atom stereocenters. The molecule has 1 aromatic carbocycles. The fraction of sp³-hybridized carbons (Fsp3) is 0. The van der Waals surface area contributed by atoms with Gasteiger partial charge in [-0.1, -0.05) is 11.6 Å². The Morgan fingerprint density at radius 3 is 2.58 bits per heavy atom. The predicted octanol–water partition coefficient (Wildman–Crippen LogP) is 0.910. The lowest BCUT2D eigenvalue weighted by molar-refractivity contribution is 1.34. The average molecular weight is 185 g/mol. The minimum absolute atomic E-state index is 0.0135. The molecule has 1 aromatic rings. The van der Waals surface area contributed by atoms with Crippen molar-refractivity contribution in [2.24, 2.45) is 11.6 Å². The molecule has 5 heteroatoms. The third-order valence-corrected chi connectivity index (χ3v) is 1.75. The van der Waals surface area contributed by atoms with Crippen LogP contribution in [-0.2, 0) is 0 Å². The van der Waals surface area contributed by atoms with Gasteiger partial charge in [0.1, 0.15) is 5.84 Å². The van der Waals surface area contributed by atoms with Crippen LogP contribution in [0.3, 0.4) is 0 Å². The second kappa shape index (κ2) is 3.42. The SMILES string of the molecule is N=C(N)c1ccc(NN)c(Cl)c1. The van der Waals surface area contributed by atoms with E-state index in [1.54, 1.807) is 18.2 Å². The minimum atomic E-state index is -0.0135. The highest BCUT2D eigenvalue weighted by Gasteiger charge is 2.01. The number of hydrazine groups is 1. The molecule has 4 nitrogen and oxygen atoms in total. The molecule has 0 radical (unpaired) electrons. The maximum atomic E-state index is 7.13. The molecule has 0 amide bonds. The summed E-state index contributed by atoms with van der Waals surface area (Å²) in [5, 5.41) is 7.58. The Labute approximate surface area is 75.0 Å². The number of hydrogen-bond donors (Lipinski definition) is 4. The molecule has 1 rings (SSSR count). The maximum Gasteiger partial charge on any atom is 0.122 e. The predicted molar refractivity (Wildman–Crippen MR) is 50.3 cm³/mol. The molecular weight excluding hydrogens is 176 g/mol. The molecule has 0 heterocycles. The summed E-state index contributed by atoms with van der Waals surface area (Å²) >= 11 is 5.78. The Bertz CT molecular complexity index is 310. The van der Waals surface area contributed by atoms with Gasteiger partial charge in [0, 0.05) is 5.56 Å². The van der Waals surface area contributed by atoms with E-state index in [4.69, 9.17) is 28.6 Å². The smallest absolute Gasteiger partial charge is 0.122 e.